The molecule has 13 nitrogen and oxygen atoms in total. The largest absolute Gasteiger partial charge is 0.530 e. The van der Waals surface area contributed by atoms with Gasteiger partial charge in [-0.05, 0) is 64.4 Å². The second-order valence-electron chi connectivity index (χ2n) is 10.0. The molecule has 0 radical (unpaired) electrons. The fourth-order valence-electron chi connectivity index (χ4n) is 4.12. The molecule has 0 aliphatic carbocycles. The van der Waals surface area contributed by atoms with Crippen molar-refractivity contribution in [3.63, 3.8) is 0 Å². The van der Waals surface area contributed by atoms with E-state index in [-0.39, 0.29) is 30.4 Å². The number of thioether (sulfide) groups is 1. The van der Waals surface area contributed by atoms with Gasteiger partial charge in [0, 0.05) is 12.1 Å². The minimum absolute atomic E-state index is 0.117. The molecule has 2 aromatic rings. The topological polar surface area (TPSA) is 156 Å². The quantitative estimate of drug-likeness (QED) is 0.0485. The van der Waals surface area contributed by atoms with E-state index >= 15 is 0 Å². The van der Waals surface area contributed by atoms with Gasteiger partial charge in [-0.3, -0.25) is 33.8 Å². The molecule has 2 atom stereocenters. The number of hydrogen-bond acceptors (Lipinski definition) is 12. The number of phosphoric acid groups is 1. The summed E-state index contributed by atoms with van der Waals surface area (Å²) < 4.78 is 41.4. The van der Waals surface area contributed by atoms with Crippen LogP contribution in [0.2, 0.25) is 0 Å². The maximum atomic E-state index is 13.5. The summed E-state index contributed by atoms with van der Waals surface area (Å²) >= 11 is 1.25. The summed E-state index contributed by atoms with van der Waals surface area (Å²) in [5.41, 5.74) is 0.0649. The van der Waals surface area contributed by atoms with Crippen molar-refractivity contribution in [2.75, 3.05) is 6.61 Å². The molecule has 2 aliphatic rings. The Kier molecular flexibility index (Phi) is 10.3. The summed E-state index contributed by atoms with van der Waals surface area (Å²) in [5.74, 6) is -1.00. The van der Waals surface area contributed by atoms with Gasteiger partial charge >= 0.3 is 13.8 Å². The average molecular weight is 634 g/mol. The highest BCUT2D eigenvalue weighted by Crippen LogP contribution is 2.54. The molecule has 2 heterocycles. The molecule has 1 saturated heterocycles. The lowest BCUT2D eigenvalue weighted by Gasteiger charge is -2.41. The third-order valence-electron chi connectivity index (χ3n) is 5.87. The van der Waals surface area contributed by atoms with Crippen molar-refractivity contribution in [1.82, 2.24) is 4.90 Å². The third-order valence-corrected chi connectivity index (χ3v) is 8.94. The molecule has 0 saturated carbocycles. The van der Waals surface area contributed by atoms with E-state index in [9.17, 15) is 24.3 Å². The maximum Gasteiger partial charge on any atom is 0.530 e. The smallest absolute Gasteiger partial charge is 0.487 e. The zero-order valence-corrected chi connectivity index (χ0v) is 25.9. The van der Waals surface area contributed by atoms with Crippen LogP contribution in [-0.4, -0.2) is 57.0 Å². The van der Waals surface area contributed by atoms with E-state index in [4.69, 9.17) is 23.0 Å². The molecule has 1 fully saturated rings. The molecule has 2 unspecified atom stereocenters. The zero-order chi connectivity index (χ0) is 31.3. The van der Waals surface area contributed by atoms with Gasteiger partial charge in [-0.1, -0.05) is 30.0 Å². The number of allylic oxidation sites excluding steroid dienone is 1. The van der Waals surface area contributed by atoms with Crippen LogP contribution in [0.25, 0.3) is 0 Å². The summed E-state index contributed by atoms with van der Waals surface area (Å²) in [7, 11) is -4.23. The van der Waals surface area contributed by atoms with E-state index in [1.54, 1.807) is 39.8 Å². The monoisotopic (exact) mass is 633 g/mol. The molecule has 0 aromatic heterocycles. The van der Waals surface area contributed by atoms with Crippen molar-refractivity contribution in [3.05, 3.63) is 81.7 Å². The van der Waals surface area contributed by atoms with Crippen LogP contribution in [0, 0.1) is 10.1 Å². The Morgan fingerprint density at radius 3 is 2.26 bits per heavy atom. The number of nitro benzene ring substituents is 1. The molecule has 43 heavy (non-hydrogen) atoms. The molecule has 0 spiro atoms. The number of nitrogens with zero attached hydrogens (tertiary/aromatic N) is 3. The van der Waals surface area contributed by atoms with Gasteiger partial charge in [-0.25, -0.2) is 9.36 Å². The number of fused-ring (bicyclic) bond motifs is 1. The highest BCUT2D eigenvalue weighted by atomic mass is 32.2. The fraction of sp³-hybridized carbons (Fsp3) is 0.393. The number of carbonyl (C=O) groups is 2. The van der Waals surface area contributed by atoms with Crippen molar-refractivity contribution in [3.8, 4) is 5.75 Å². The zero-order valence-electron chi connectivity index (χ0n) is 24.2. The van der Waals surface area contributed by atoms with Crippen molar-refractivity contribution in [2.24, 2.45) is 4.99 Å². The second kappa shape index (κ2) is 13.7. The molecule has 15 heteroatoms. The van der Waals surface area contributed by atoms with Crippen LogP contribution in [0.15, 0.2) is 71.0 Å². The summed E-state index contributed by atoms with van der Waals surface area (Å²) in [4.78, 5) is 42.9. The molecule has 2 aliphatic heterocycles. The summed E-state index contributed by atoms with van der Waals surface area (Å²) in [6.07, 6.45) is -1.09. The number of hydrogen-bond donors (Lipinski definition) is 0. The van der Waals surface area contributed by atoms with Crippen molar-refractivity contribution in [2.45, 2.75) is 64.8 Å². The van der Waals surface area contributed by atoms with Crippen LogP contribution in [0.1, 0.15) is 40.2 Å². The van der Waals surface area contributed by atoms with E-state index in [0.717, 1.165) is 0 Å². The Hall–Kier alpha value is -3.71. The minimum Gasteiger partial charge on any atom is -0.487 e. The molecule has 2 aromatic carbocycles. The van der Waals surface area contributed by atoms with E-state index < -0.39 is 48.2 Å². The number of carbonyl (C=O) groups excluding carboxylic acids is 2. The van der Waals surface area contributed by atoms with Gasteiger partial charge in [0.15, 0.2) is 11.7 Å². The maximum absolute atomic E-state index is 13.5. The normalized spacial score (nSPS) is 18.5. The van der Waals surface area contributed by atoms with Crippen LogP contribution in [-0.2, 0) is 39.1 Å². The predicted molar refractivity (Wildman–Crippen MR) is 158 cm³/mol. The predicted octanol–water partition coefficient (Wildman–Crippen LogP) is 5.61. The molecular formula is C28H32N3O10PS. The lowest BCUT2D eigenvalue weighted by atomic mass is 10.1. The highest BCUT2D eigenvalue weighted by molar-refractivity contribution is 8.15. The second-order valence-corrected chi connectivity index (χ2v) is 12.7. The Balaban J connectivity index is 1.57. The first-order valence-electron chi connectivity index (χ1n) is 13.4. The van der Waals surface area contributed by atoms with Crippen LogP contribution in [0.5, 0.6) is 5.75 Å². The van der Waals surface area contributed by atoms with Crippen LogP contribution >= 0.6 is 19.6 Å². The average Bonchev–Trinajstić information content (AvgIpc) is 3.32. The Bertz CT molecular complexity index is 1450. The Morgan fingerprint density at radius 1 is 1.05 bits per heavy atom. The lowest BCUT2D eigenvalue weighted by Crippen LogP contribution is -2.61. The van der Waals surface area contributed by atoms with E-state index in [0.29, 0.717) is 16.4 Å². The SMILES string of the molecule is CC(OP(=O)(OC(C)C)OC(C)C)=C(C(=O)OCc1ccc([N+](=O)[O-])cc1)N1C(=O)C2N=C(COc3ccccc3)SC21. The highest BCUT2D eigenvalue weighted by Gasteiger charge is 2.56. The Morgan fingerprint density at radius 2 is 1.67 bits per heavy atom. The van der Waals surface area contributed by atoms with Gasteiger partial charge in [0.1, 0.15) is 35.1 Å². The number of para-hydroxylation sites is 1. The molecule has 0 bridgehead atoms. The van der Waals surface area contributed by atoms with Crippen LogP contribution in [0.4, 0.5) is 5.69 Å². The number of likely N-dealkylation sites (tertiary alicyclic amines) is 1. The molecule has 1 amide bonds. The standard InChI is InChI=1S/C28H32N3O10PS/c1-17(2)39-42(36,40-18(3)4)41-19(5)25(28(33)38-15-20-11-13-21(14-12-20)31(34)35)30-26(32)24-27(30)43-23(29-24)16-37-22-9-7-6-8-10-22/h6-14,17-18,24,27H,15-16H2,1-5H3. The number of non-ortho nitro benzene ring substituents is 1. The van der Waals surface area contributed by atoms with Gasteiger partial charge in [0.2, 0.25) is 0 Å². The van der Waals surface area contributed by atoms with Crippen LogP contribution in [0.3, 0.4) is 0 Å². The molecule has 230 valence electrons. The molecule has 0 N–H and O–H groups in total. The van der Waals surface area contributed by atoms with E-state index in [2.05, 4.69) is 4.99 Å². The van der Waals surface area contributed by atoms with Gasteiger partial charge < -0.3 is 14.0 Å². The number of phosphoric ester groups is 1. The fourth-order valence-corrected chi connectivity index (χ4v) is 6.91. The number of nitro groups is 1. The number of amides is 1. The third kappa shape index (κ3) is 8.02. The number of esters is 1. The van der Waals surface area contributed by atoms with Crippen molar-refractivity contribution < 1.29 is 42.1 Å². The molecule has 4 rings (SSSR count). The van der Waals surface area contributed by atoms with Gasteiger partial charge in [-0.2, -0.15) is 0 Å². The summed E-state index contributed by atoms with van der Waals surface area (Å²) in [6, 6.07) is 13.8. The number of benzene rings is 2. The first-order valence-corrected chi connectivity index (χ1v) is 15.7. The first kappa shape index (κ1) is 32.2. The number of β-lactam (4-membered cyclic amide) rings is 1. The van der Waals surface area contributed by atoms with Crippen LogP contribution < -0.4 is 4.74 Å². The number of ether oxygens (including phenoxy) is 2. The van der Waals surface area contributed by atoms with E-state index in [1.807, 2.05) is 18.2 Å². The summed E-state index contributed by atoms with van der Waals surface area (Å²) in [6.45, 7) is 7.82. The Labute approximate surface area is 252 Å². The summed E-state index contributed by atoms with van der Waals surface area (Å²) in [5, 5.41) is 10.9. The lowest BCUT2D eigenvalue weighted by molar-refractivity contribution is -0.384. The molecular weight excluding hydrogens is 601 g/mol. The number of aliphatic imine (C=N–C) groups is 1. The van der Waals surface area contributed by atoms with Gasteiger partial charge in [0.05, 0.1) is 17.1 Å². The van der Waals surface area contributed by atoms with Crippen molar-refractivity contribution >= 4 is 42.2 Å². The minimum atomic E-state index is -4.23. The first-order chi connectivity index (χ1) is 20.4. The number of rotatable bonds is 14. The van der Waals surface area contributed by atoms with Crippen molar-refractivity contribution in [1.29, 1.82) is 0 Å². The van der Waals surface area contributed by atoms with E-state index in [1.165, 1.54) is 47.9 Å². The van der Waals surface area contributed by atoms with Gasteiger partial charge in [0.25, 0.3) is 11.6 Å². The van der Waals surface area contributed by atoms with Gasteiger partial charge in [-0.15, -0.1) is 0 Å².